The molecule has 0 heterocycles. The molecule has 0 aliphatic heterocycles. The molecule has 0 rings (SSSR count). The van der Waals surface area contributed by atoms with E-state index in [0.717, 1.165) is 89.1 Å². The van der Waals surface area contributed by atoms with Crippen molar-refractivity contribution in [2.45, 2.75) is 133 Å². The van der Waals surface area contributed by atoms with Crippen molar-refractivity contribution in [1.82, 2.24) is 9.80 Å². The number of methoxy groups -OCH3 is 2. The molecule has 0 aliphatic carbocycles. The SMILES string of the molecule is CCO[Si](CCCN(CCC[Si](OCC)(OCC)OCC)CCOCCOCCOCCOCCOC)(OCC)OCC.CCO[Si](CCCN(CCC[Si](OCC)(OCC)OCC)CCOCCOCCOCCOCCOC)(OCC)OCC. The first-order chi connectivity index (χ1) is 42.0. The molecule has 0 aromatic heterocycles. The lowest BCUT2D eigenvalue weighted by molar-refractivity contribution is -0.00931. The first kappa shape index (κ1) is 88.0. The third kappa shape index (κ3) is 49.5. The molecule has 0 saturated carbocycles. The van der Waals surface area contributed by atoms with E-state index in [9.17, 15) is 0 Å². The van der Waals surface area contributed by atoms with Crippen LogP contribution in [0.3, 0.4) is 0 Å². The molecule has 0 atom stereocenters. The van der Waals surface area contributed by atoms with Crippen LogP contribution in [-0.4, -0.2) is 297 Å². The van der Waals surface area contributed by atoms with Crippen LogP contribution in [0, 0.1) is 0 Å². The highest BCUT2D eigenvalue weighted by Crippen LogP contribution is 2.23. The summed E-state index contributed by atoms with van der Waals surface area (Å²) in [5, 5.41) is 0. The molecular formula is C58H130N2O22Si4. The fraction of sp³-hybridized carbons (Fsp3) is 1.00. The third-order valence-electron chi connectivity index (χ3n) is 12.4. The van der Waals surface area contributed by atoms with Gasteiger partial charge in [0.15, 0.2) is 0 Å². The number of hydrogen-bond acceptors (Lipinski definition) is 24. The quantitative estimate of drug-likeness (QED) is 0.0421. The molecule has 0 aromatic rings. The summed E-state index contributed by atoms with van der Waals surface area (Å²) in [6.45, 7) is 46.2. The van der Waals surface area contributed by atoms with Gasteiger partial charge in [0.05, 0.1) is 119 Å². The second-order valence-electron chi connectivity index (χ2n) is 18.9. The molecule has 0 spiro atoms. The lowest BCUT2D eigenvalue weighted by Gasteiger charge is -2.31. The summed E-state index contributed by atoms with van der Waals surface area (Å²) in [7, 11) is -7.40. The minimum atomic E-state index is -2.68. The zero-order valence-electron chi connectivity index (χ0n) is 57.0. The van der Waals surface area contributed by atoms with Gasteiger partial charge >= 0.3 is 35.2 Å². The molecule has 0 saturated heterocycles. The van der Waals surface area contributed by atoms with Crippen LogP contribution in [0.15, 0.2) is 0 Å². The minimum absolute atomic E-state index is 0.532. The van der Waals surface area contributed by atoms with Crippen LogP contribution in [0.1, 0.15) is 109 Å². The molecule has 0 aliphatic rings. The predicted octanol–water partition coefficient (Wildman–Crippen LogP) is 7.76. The Kier molecular flexibility index (Phi) is 66.5. The molecule has 0 amide bonds. The first-order valence-corrected chi connectivity index (χ1v) is 40.5. The van der Waals surface area contributed by atoms with Gasteiger partial charge in [-0.2, -0.15) is 0 Å². The largest absolute Gasteiger partial charge is 0.500 e. The average Bonchev–Trinajstić information content (AvgIpc) is 3.63. The standard InChI is InChI=1S/2C29H65NO11Si2/c2*1-8-36-42(37-9-2,38-10-3)28-14-16-30(17-15-29-43(39-11-4,40-12-5)41-13-6)18-19-32-22-23-34-26-27-35-25-24-33-21-20-31-7/h2*8-29H2,1-7H3. The van der Waals surface area contributed by atoms with Gasteiger partial charge in [-0.15, -0.1) is 0 Å². The van der Waals surface area contributed by atoms with Crippen molar-refractivity contribution < 1.29 is 100 Å². The van der Waals surface area contributed by atoms with Gasteiger partial charge in [-0.1, -0.05) is 0 Å². The molecule has 520 valence electrons. The van der Waals surface area contributed by atoms with Crippen molar-refractivity contribution in [2.75, 3.05) is 252 Å². The first-order valence-electron chi connectivity index (χ1n) is 32.7. The van der Waals surface area contributed by atoms with E-state index in [4.69, 9.17) is 100 Å². The Morgan fingerprint density at radius 2 is 0.349 bits per heavy atom. The van der Waals surface area contributed by atoms with Gasteiger partial charge in [0, 0.05) is 131 Å². The minimum Gasteiger partial charge on any atom is -0.382 e. The topological polar surface area (TPSA) is 210 Å². The van der Waals surface area contributed by atoms with Gasteiger partial charge < -0.3 is 110 Å². The molecule has 86 heavy (non-hydrogen) atoms. The van der Waals surface area contributed by atoms with E-state index < -0.39 is 35.2 Å². The van der Waals surface area contributed by atoms with Gasteiger partial charge in [0.25, 0.3) is 0 Å². The molecular weight excluding hydrogens is 1190 g/mol. The van der Waals surface area contributed by atoms with Gasteiger partial charge in [-0.3, -0.25) is 0 Å². The summed E-state index contributed by atoms with van der Waals surface area (Å²) < 4.78 is 127. The van der Waals surface area contributed by atoms with Crippen LogP contribution in [0.4, 0.5) is 0 Å². The molecule has 0 radical (unpaired) electrons. The van der Waals surface area contributed by atoms with E-state index in [-0.39, 0.29) is 0 Å². The Morgan fingerprint density at radius 3 is 0.500 bits per heavy atom. The van der Waals surface area contributed by atoms with E-state index in [1.165, 1.54) is 0 Å². The van der Waals surface area contributed by atoms with Crippen molar-refractivity contribution in [3.63, 3.8) is 0 Å². The second kappa shape index (κ2) is 65.0. The monoisotopic (exact) mass is 1320 g/mol. The number of rotatable bonds is 70. The number of ether oxygens (including phenoxy) is 10. The maximum Gasteiger partial charge on any atom is 0.500 e. The van der Waals surface area contributed by atoms with Gasteiger partial charge in [-0.25, -0.2) is 0 Å². The normalized spacial score (nSPS) is 12.6. The summed E-state index contributed by atoms with van der Waals surface area (Å²) in [5.41, 5.74) is 0. The highest BCUT2D eigenvalue weighted by atomic mass is 28.4. The zero-order valence-corrected chi connectivity index (χ0v) is 61.0. The van der Waals surface area contributed by atoms with E-state index in [1.807, 2.05) is 83.1 Å². The van der Waals surface area contributed by atoms with E-state index >= 15 is 0 Å². The summed E-state index contributed by atoms with van der Waals surface area (Å²) in [4.78, 5) is 4.85. The third-order valence-corrected chi connectivity index (χ3v) is 25.0. The maximum absolute atomic E-state index is 6.06. The van der Waals surface area contributed by atoms with Crippen molar-refractivity contribution in [1.29, 1.82) is 0 Å². The molecule has 24 nitrogen and oxygen atoms in total. The fourth-order valence-corrected chi connectivity index (χ4v) is 19.3. The Morgan fingerprint density at radius 1 is 0.198 bits per heavy atom. The molecule has 0 unspecified atom stereocenters. The summed E-state index contributed by atoms with van der Waals surface area (Å²) in [5.74, 6) is 0. The van der Waals surface area contributed by atoms with Crippen molar-refractivity contribution in [3.05, 3.63) is 0 Å². The Hall–Kier alpha value is -0.0925. The highest BCUT2D eigenvalue weighted by molar-refractivity contribution is 6.61. The highest BCUT2D eigenvalue weighted by Gasteiger charge is 2.43. The average molecular weight is 1320 g/mol. The molecule has 0 bridgehead atoms. The molecule has 0 aromatic carbocycles. The molecule has 28 heteroatoms. The summed E-state index contributed by atoms with van der Waals surface area (Å²) >= 11 is 0. The molecule has 0 fully saturated rings. The van der Waals surface area contributed by atoms with Crippen molar-refractivity contribution >= 4 is 35.2 Å². The fourth-order valence-electron chi connectivity index (χ4n) is 8.95. The summed E-state index contributed by atoms with van der Waals surface area (Å²) in [6, 6.07) is 3.13. The zero-order chi connectivity index (χ0) is 63.8. The van der Waals surface area contributed by atoms with E-state index in [0.29, 0.717) is 198 Å². The second-order valence-corrected chi connectivity index (χ2v) is 29.8. The van der Waals surface area contributed by atoms with Gasteiger partial charge in [0.1, 0.15) is 0 Å². The van der Waals surface area contributed by atoms with Crippen LogP contribution in [0.5, 0.6) is 0 Å². The maximum atomic E-state index is 6.06. The van der Waals surface area contributed by atoms with Gasteiger partial charge in [-0.05, 0) is 135 Å². The van der Waals surface area contributed by atoms with Crippen LogP contribution < -0.4 is 0 Å². The van der Waals surface area contributed by atoms with Crippen LogP contribution in [0.2, 0.25) is 24.2 Å². The smallest absolute Gasteiger partial charge is 0.382 e. The lowest BCUT2D eigenvalue weighted by atomic mass is 10.3. The summed E-state index contributed by atoms with van der Waals surface area (Å²) in [6.07, 6.45) is 3.66. The predicted molar refractivity (Wildman–Crippen MR) is 343 cm³/mol. The molecule has 0 N–H and O–H groups in total. The van der Waals surface area contributed by atoms with Gasteiger partial charge in [0.2, 0.25) is 0 Å². The van der Waals surface area contributed by atoms with E-state index in [2.05, 4.69) is 9.80 Å². The van der Waals surface area contributed by atoms with E-state index in [1.54, 1.807) is 14.2 Å². The van der Waals surface area contributed by atoms with Crippen LogP contribution in [0.25, 0.3) is 0 Å². The number of hydrogen-bond donors (Lipinski definition) is 0. The Balaban J connectivity index is 0. The van der Waals surface area contributed by atoms with Crippen LogP contribution in [-0.2, 0) is 100 Å². The lowest BCUT2D eigenvalue weighted by Crippen LogP contribution is -2.47. The number of nitrogens with zero attached hydrogens (tertiary/aromatic N) is 2. The van der Waals surface area contributed by atoms with Crippen molar-refractivity contribution in [3.8, 4) is 0 Å². The Bertz CT molecular complexity index is 1130. The Labute approximate surface area is 528 Å². The van der Waals surface area contributed by atoms with Crippen molar-refractivity contribution in [2.24, 2.45) is 0 Å². The van der Waals surface area contributed by atoms with Crippen LogP contribution >= 0.6 is 0 Å².